The van der Waals surface area contributed by atoms with Crippen LogP contribution < -0.4 is 25.4 Å². The van der Waals surface area contributed by atoms with Gasteiger partial charge in [-0.25, -0.2) is 0 Å². The Bertz CT molecular complexity index is 1210. The van der Waals surface area contributed by atoms with Gasteiger partial charge in [0.1, 0.15) is 17.5 Å². The maximum atomic E-state index is 13.3. The zero-order valence-corrected chi connectivity index (χ0v) is 20.8. The first kappa shape index (κ1) is 26.3. The number of carbonyl (C=O) groups excluding carboxylic acids is 3. The Morgan fingerprint density at radius 3 is 2.06 bits per heavy atom. The van der Waals surface area contributed by atoms with Crippen molar-refractivity contribution < 1.29 is 23.9 Å². The molecule has 0 saturated heterocycles. The van der Waals surface area contributed by atoms with E-state index in [0.717, 1.165) is 0 Å². The van der Waals surface area contributed by atoms with Gasteiger partial charge >= 0.3 is 0 Å². The van der Waals surface area contributed by atoms with Gasteiger partial charge in [0, 0.05) is 5.56 Å². The largest absolute Gasteiger partial charge is 0.497 e. The lowest BCUT2D eigenvalue weighted by atomic mass is 9.97. The number of ether oxygens (including phenoxy) is 2. The number of para-hydroxylation sites is 3. The molecular formula is C28H31N3O5. The Balaban J connectivity index is 1.79. The second-order valence-electron chi connectivity index (χ2n) is 8.25. The Kier molecular flexibility index (Phi) is 9.05. The number of amides is 3. The average molecular weight is 490 g/mol. The van der Waals surface area contributed by atoms with Gasteiger partial charge in [0.25, 0.3) is 11.8 Å². The molecule has 0 heterocycles. The van der Waals surface area contributed by atoms with Gasteiger partial charge in [-0.15, -0.1) is 0 Å². The van der Waals surface area contributed by atoms with Gasteiger partial charge in [0.2, 0.25) is 5.91 Å². The number of benzene rings is 3. The van der Waals surface area contributed by atoms with Crippen molar-refractivity contribution in [2.24, 2.45) is 5.92 Å². The van der Waals surface area contributed by atoms with E-state index in [1.54, 1.807) is 79.9 Å². The van der Waals surface area contributed by atoms with Gasteiger partial charge in [-0.05, 0) is 54.4 Å². The molecule has 0 aliphatic heterocycles. The molecule has 8 heteroatoms. The quantitative estimate of drug-likeness (QED) is 0.382. The lowest BCUT2D eigenvalue weighted by molar-refractivity contribution is -0.119. The summed E-state index contributed by atoms with van der Waals surface area (Å²) in [6.07, 6.45) is 0.667. The van der Waals surface area contributed by atoms with Gasteiger partial charge in [-0.1, -0.05) is 44.5 Å². The summed E-state index contributed by atoms with van der Waals surface area (Å²) in [4.78, 5) is 39.3. The van der Waals surface area contributed by atoms with E-state index in [0.29, 0.717) is 34.9 Å². The second kappa shape index (κ2) is 12.4. The van der Waals surface area contributed by atoms with Gasteiger partial charge in [-0.2, -0.15) is 0 Å². The predicted octanol–water partition coefficient (Wildman–Crippen LogP) is 4.74. The van der Waals surface area contributed by atoms with E-state index in [-0.39, 0.29) is 23.3 Å². The Morgan fingerprint density at radius 2 is 1.42 bits per heavy atom. The highest BCUT2D eigenvalue weighted by molar-refractivity contribution is 6.10. The fourth-order valence-electron chi connectivity index (χ4n) is 3.61. The molecule has 3 aromatic rings. The molecule has 0 aliphatic carbocycles. The molecule has 0 saturated carbocycles. The SMILES string of the molecule is CC[C@H](C)[C@H](NC(=O)c1ccccc1NC(=O)c1ccc(OC)cc1)C(=O)Nc1ccccc1OC. The van der Waals surface area contributed by atoms with Gasteiger partial charge in [0.05, 0.1) is 31.2 Å². The molecule has 0 spiro atoms. The monoisotopic (exact) mass is 489 g/mol. The van der Waals surface area contributed by atoms with E-state index in [4.69, 9.17) is 9.47 Å². The van der Waals surface area contributed by atoms with Crippen LogP contribution in [0.15, 0.2) is 72.8 Å². The van der Waals surface area contributed by atoms with Gasteiger partial charge < -0.3 is 25.4 Å². The van der Waals surface area contributed by atoms with Crippen LogP contribution in [0.25, 0.3) is 0 Å². The van der Waals surface area contributed by atoms with E-state index in [2.05, 4.69) is 16.0 Å². The number of hydrogen-bond donors (Lipinski definition) is 3. The van der Waals surface area contributed by atoms with Crippen LogP contribution in [0.4, 0.5) is 11.4 Å². The summed E-state index contributed by atoms with van der Waals surface area (Å²) >= 11 is 0. The lowest BCUT2D eigenvalue weighted by Crippen LogP contribution is -2.47. The smallest absolute Gasteiger partial charge is 0.255 e. The van der Waals surface area contributed by atoms with E-state index >= 15 is 0 Å². The molecule has 0 fully saturated rings. The Hall–Kier alpha value is -4.33. The van der Waals surface area contributed by atoms with Crippen molar-refractivity contribution in [3.63, 3.8) is 0 Å². The van der Waals surface area contributed by atoms with E-state index in [1.807, 2.05) is 13.8 Å². The first-order chi connectivity index (χ1) is 17.4. The van der Waals surface area contributed by atoms with Gasteiger partial charge in [-0.3, -0.25) is 14.4 Å². The zero-order valence-electron chi connectivity index (χ0n) is 20.8. The molecule has 2 atom stereocenters. The molecule has 8 nitrogen and oxygen atoms in total. The normalized spacial score (nSPS) is 12.1. The number of nitrogens with one attached hydrogen (secondary N) is 3. The molecule has 0 bridgehead atoms. The minimum atomic E-state index is -0.808. The average Bonchev–Trinajstić information content (AvgIpc) is 2.91. The summed E-state index contributed by atoms with van der Waals surface area (Å²) in [7, 11) is 3.07. The fourth-order valence-corrected chi connectivity index (χ4v) is 3.61. The molecule has 36 heavy (non-hydrogen) atoms. The second-order valence-corrected chi connectivity index (χ2v) is 8.25. The van der Waals surface area contributed by atoms with Crippen LogP contribution >= 0.6 is 0 Å². The van der Waals surface area contributed by atoms with E-state index in [9.17, 15) is 14.4 Å². The molecular weight excluding hydrogens is 458 g/mol. The van der Waals surface area contributed by atoms with Crippen LogP contribution in [0.5, 0.6) is 11.5 Å². The van der Waals surface area contributed by atoms with Gasteiger partial charge in [0.15, 0.2) is 0 Å². The number of rotatable bonds is 10. The zero-order chi connectivity index (χ0) is 26.1. The van der Waals surface area contributed by atoms with Crippen LogP contribution in [0, 0.1) is 5.92 Å². The number of anilines is 2. The summed E-state index contributed by atoms with van der Waals surface area (Å²) in [5.41, 5.74) is 1.51. The molecule has 3 amide bonds. The summed E-state index contributed by atoms with van der Waals surface area (Å²) in [6, 6.07) is 19.6. The van der Waals surface area contributed by atoms with Crippen molar-refractivity contribution in [1.29, 1.82) is 0 Å². The van der Waals surface area contributed by atoms with Crippen molar-refractivity contribution in [3.8, 4) is 11.5 Å². The lowest BCUT2D eigenvalue weighted by Gasteiger charge is -2.24. The number of methoxy groups -OCH3 is 2. The molecule has 0 aromatic heterocycles. The van der Waals surface area contributed by atoms with Crippen molar-refractivity contribution in [2.45, 2.75) is 26.3 Å². The molecule has 3 aromatic carbocycles. The summed E-state index contributed by atoms with van der Waals surface area (Å²) in [5.74, 6) is -0.196. The summed E-state index contributed by atoms with van der Waals surface area (Å²) in [5, 5.41) is 8.49. The third-order valence-corrected chi connectivity index (χ3v) is 5.92. The van der Waals surface area contributed by atoms with Crippen molar-refractivity contribution >= 4 is 29.1 Å². The fraction of sp³-hybridized carbons (Fsp3) is 0.250. The highest BCUT2D eigenvalue weighted by atomic mass is 16.5. The third kappa shape index (κ3) is 6.41. The highest BCUT2D eigenvalue weighted by Crippen LogP contribution is 2.24. The van der Waals surface area contributed by atoms with E-state index < -0.39 is 11.9 Å². The minimum Gasteiger partial charge on any atom is -0.497 e. The number of carbonyl (C=O) groups is 3. The molecule has 3 N–H and O–H groups in total. The first-order valence-corrected chi connectivity index (χ1v) is 11.7. The van der Waals surface area contributed by atoms with Crippen LogP contribution in [-0.2, 0) is 4.79 Å². The summed E-state index contributed by atoms with van der Waals surface area (Å²) < 4.78 is 10.4. The van der Waals surface area contributed by atoms with Crippen LogP contribution in [0.1, 0.15) is 41.0 Å². The molecule has 3 rings (SSSR count). The van der Waals surface area contributed by atoms with Crippen LogP contribution in [-0.4, -0.2) is 38.0 Å². The minimum absolute atomic E-state index is 0.148. The van der Waals surface area contributed by atoms with Crippen LogP contribution in [0.2, 0.25) is 0 Å². The van der Waals surface area contributed by atoms with Crippen LogP contribution in [0.3, 0.4) is 0 Å². The predicted molar refractivity (Wildman–Crippen MR) is 140 cm³/mol. The number of hydrogen-bond acceptors (Lipinski definition) is 5. The third-order valence-electron chi connectivity index (χ3n) is 5.92. The highest BCUT2D eigenvalue weighted by Gasteiger charge is 2.28. The molecule has 188 valence electrons. The van der Waals surface area contributed by atoms with Crippen molar-refractivity contribution in [3.05, 3.63) is 83.9 Å². The maximum Gasteiger partial charge on any atom is 0.255 e. The Morgan fingerprint density at radius 1 is 0.778 bits per heavy atom. The van der Waals surface area contributed by atoms with Crippen molar-refractivity contribution in [2.75, 3.05) is 24.9 Å². The molecule has 0 aliphatic rings. The van der Waals surface area contributed by atoms with Crippen molar-refractivity contribution in [1.82, 2.24) is 5.32 Å². The van der Waals surface area contributed by atoms with E-state index in [1.165, 1.54) is 7.11 Å². The first-order valence-electron chi connectivity index (χ1n) is 11.7. The standard InChI is InChI=1S/C28H31N3O5/c1-5-18(2)25(28(34)30-23-12-8-9-13-24(23)36-4)31-27(33)21-10-6-7-11-22(21)29-26(32)19-14-16-20(35-3)17-15-19/h6-18,25H,5H2,1-4H3,(H,29,32)(H,30,34)(H,31,33)/t18-,25-/m0/s1. The maximum absolute atomic E-state index is 13.3. The topological polar surface area (TPSA) is 106 Å². The molecule has 0 radical (unpaired) electrons. The Labute approximate surface area is 211 Å². The molecule has 0 unspecified atom stereocenters. The summed E-state index contributed by atoms with van der Waals surface area (Å²) in [6.45, 7) is 3.84.